The number of amides is 1. The summed E-state index contributed by atoms with van der Waals surface area (Å²) in [5.41, 5.74) is 0.843. The van der Waals surface area contributed by atoms with Crippen LogP contribution in [0.1, 0.15) is 31.2 Å². The number of nitrogens with one attached hydrogen (secondary N) is 1. The van der Waals surface area contributed by atoms with Crippen LogP contribution in [0, 0.1) is 5.41 Å². The Kier molecular flexibility index (Phi) is 5.79. The summed E-state index contributed by atoms with van der Waals surface area (Å²) < 4.78 is 5.08. The number of aliphatic carboxylic acids is 1. The van der Waals surface area contributed by atoms with Crippen LogP contribution >= 0.6 is 0 Å². The zero-order valence-electron chi connectivity index (χ0n) is 13.2. The lowest BCUT2D eigenvalue weighted by molar-refractivity contribution is -0.139. The van der Waals surface area contributed by atoms with Gasteiger partial charge in [-0.3, -0.25) is 4.79 Å². The lowest BCUT2D eigenvalue weighted by Crippen LogP contribution is -2.45. The van der Waals surface area contributed by atoms with Crippen LogP contribution in [0.15, 0.2) is 36.9 Å². The van der Waals surface area contributed by atoms with Crippen LogP contribution in [0.4, 0.5) is 0 Å². The van der Waals surface area contributed by atoms with E-state index in [0.29, 0.717) is 12.3 Å². The van der Waals surface area contributed by atoms with Crippen LogP contribution in [-0.4, -0.2) is 30.1 Å². The van der Waals surface area contributed by atoms with Gasteiger partial charge in [0, 0.05) is 6.54 Å². The van der Waals surface area contributed by atoms with Gasteiger partial charge >= 0.3 is 5.97 Å². The van der Waals surface area contributed by atoms with E-state index < -0.39 is 5.97 Å². The second kappa shape index (κ2) is 7.81. The van der Waals surface area contributed by atoms with E-state index in [1.807, 2.05) is 18.2 Å². The van der Waals surface area contributed by atoms with Crippen molar-refractivity contribution < 1.29 is 19.4 Å². The molecule has 0 bridgehead atoms. The van der Waals surface area contributed by atoms with Crippen molar-refractivity contribution in [2.24, 2.45) is 5.41 Å². The highest BCUT2D eigenvalue weighted by Crippen LogP contribution is 2.44. The standard InChI is InChI=1S/C18H23NO4/c1-2-9-18(10-3-11-18)17(22)19-12-8-14-4-6-15(7-5-14)23-13-16(20)21/h2,4-7H,1,3,8-13H2,(H,19,22)(H,20,21). The molecule has 0 saturated heterocycles. The van der Waals surface area contributed by atoms with Gasteiger partial charge < -0.3 is 15.2 Å². The summed E-state index contributed by atoms with van der Waals surface area (Å²) in [6, 6.07) is 7.24. The van der Waals surface area contributed by atoms with Crippen molar-refractivity contribution in [2.75, 3.05) is 13.2 Å². The fourth-order valence-electron chi connectivity index (χ4n) is 2.81. The molecule has 1 saturated carbocycles. The van der Waals surface area contributed by atoms with E-state index in [1.54, 1.807) is 12.1 Å². The molecule has 23 heavy (non-hydrogen) atoms. The van der Waals surface area contributed by atoms with Gasteiger partial charge in [0.1, 0.15) is 5.75 Å². The number of carbonyl (C=O) groups excluding carboxylic acids is 1. The molecule has 0 spiro atoms. The molecule has 0 unspecified atom stereocenters. The summed E-state index contributed by atoms with van der Waals surface area (Å²) in [6.07, 6.45) is 6.30. The average molecular weight is 317 g/mol. The smallest absolute Gasteiger partial charge is 0.341 e. The van der Waals surface area contributed by atoms with Crippen molar-refractivity contribution in [1.82, 2.24) is 5.32 Å². The fraction of sp³-hybridized carbons (Fsp3) is 0.444. The Labute approximate surface area is 136 Å². The predicted octanol–water partition coefficient (Wildman–Crippen LogP) is 2.56. The van der Waals surface area contributed by atoms with Crippen LogP contribution in [0.2, 0.25) is 0 Å². The first-order valence-corrected chi connectivity index (χ1v) is 7.88. The van der Waals surface area contributed by atoms with Gasteiger partial charge in [-0.15, -0.1) is 6.58 Å². The minimum absolute atomic E-state index is 0.130. The second-order valence-electron chi connectivity index (χ2n) is 5.96. The number of carboxylic acids is 1. The monoisotopic (exact) mass is 317 g/mol. The SMILES string of the molecule is C=CCC1(C(=O)NCCc2ccc(OCC(=O)O)cc2)CCC1. The molecule has 5 heteroatoms. The van der Waals surface area contributed by atoms with Crippen molar-refractivity contribution in [3.8, 4) is 5.75 Å². The number of hydrogen-bond acceptors (Lipinski definition) is 3. The first kappa shape index (κ1) is 17.1. The van der Waals surface area contributed by atoms with Gasteiger partial charge in [0.2, 0.25) is 5.91 Å². The van der Waals surface area contributed by atoms with E-state index >= 15 is 0 Å². The van der Waals surface area contributed by atoms with Gasteiger partial charge in [-0.05, 0) is 43.4 Å². The number of hydrogen-bond donors (Lipinski definition) is 2. The quantitative estimate of drug-likeness (QED) is 0.686. The molecule has 124 valence electrons. The molecule has 2 rings (SSSR count). The molecule has 5 nitrogen and oxygen atoms in total. The highest BCUT2D eigenvalue weighted by atomic mass is 16.5. The van der Waals surface area contributed by atoms with E-state index in [4.69, 9.17) is 9.84 Å². The number of carboxylic acid groups (broad SMARTS) is 1. The van der Waals surface area contributed by atoms with E-state index in [2.05, 4.69) is 11.9 Å². The predicted molar refractivity (Wildman–Crippen MR) is 87.4 cm³/mol. The van der Waals surface area contributed by atoms with E-state index in [9.17, 15) is 9.59 Å². The zero-order valence-corrected chi connectivity index (χ0v) is 13.2. The van der Waals surface area contributed by atoms with Gasteiger partial charge in [0.25, 0.3) is 0 Å². The molecule has 2 N–H and O–H groups in total. The van der Waals surface area contributed by atoms with E-state index in [0.717, 1.165) is 37.7 Å². The molecule has 0 radical (unpaired) electrons. The number of rotatable bonds is 9. The summed E-state index contributed by atoms with van der Waals surface area (Å²) in [4.78, 5) is 22.7. The summed E-state index contributed by atoms with van der Waals surface area (Å²) in [5.74, 6) is -0.342. The maximum atomic E-state index is 12.3. The lowest BCUT2D eigenvalue weighted by Gasteiger charge is -2.39. The van der Waals surface area contributed by atoms with Crippen molar-refractivity contribution >= 4 is 11.9 Å². The van der Waals surface area contributed by atoms with Gasteiger partial charge in [-0.1, -0.05) is 24.6 Å². The van der Waals surface area contributed by atoms with Crippen molar-refractivity contribution in [3.05, 3.63) is 42.5 Å². The topological polar surface area (TPSA) is 75.6 Å². The number of benzene rings is 1. The van der Waals surface area contributed by atoms with Crippen molar-refractivity contribution in [2.45, 2.75) is 32.1 Å². The summed E-state index contributed by atoms with van der Waals surface area (Å²) in [7, 11) is 0. The van der Waals surface area contributed by atoms with Gasteiger partial charge in [0.15, 0.2) is 6.61 Å². The molecular weight excluding hydrogens is 294 g/mol. The highest BCUT2D eigenvalue weighted by Gasteiger charge is 2.42. The molecule has 1 fully saturated rings. The zero-order chi connectivity index (χ0) is 16.7. The molecule has 1 aliphatic carbocycles. The summed E-state index contributed by atoms with van der Waals surface area (Å²) >= 11 is 0. The third kappa shape index (κ3) is 4.58. The Bertz CT molecular complexity index is 561. The third-order valence-corrected chi connectivity index (χ3v) is 4.31. The van der Waals surface area contributed by atoms with Crippen LogP contribution in [0.25, 0.3) is 0 Å². The minimum Gasteiger partial charge on any atom is -0.482 e. The van der Waals surface area contributed by atoms with Crippen molar-refractivity contribution in [3.63, 3.8) is 0 Å². The second-order valence-corrected chi connectivity index (χ2v) is 5.96. The number of ether oxygens (including phenoxy) is 1. The van der Waals surface area contributed by atoms with E-state index in [1.165, 1.54) is 0 Å². The Balaban J connectivity index is 1.76. The first-order valence-electron chi connectivity index (χ1n) is 7.88. The molecule has 1 amide bonds. The van der Waals surface area contributed by atoms with Crippen molar-refractivity contribution in [1.29, 1.82) is 0 Å². The largest absolute Gasteiger partial charge is 0.482 e. The molecule has 0 heterocycles. The van der Waals surface area contributed by atoms with Crippen LogP contribution in [-0.2, 0) is 16.0 Å². The van der Waals surface area contributed by atoms with Gasteiger partial charge in [-0.2, -0.15) is 0 Å². The fourth-order valence-corrected chi connectivity index (χ4v) is 2.81. The third-order valence-electron chi connectivity index (χ3n) is 4.31. The Morgan fingerprint density at radius 1 is 1.30 bits per heavy atom. The molecule has 0 atom stereocenters. The summed E-state index contributed by atoms with van der Waals surface area (Å²) in [6.45, 7) is 3.99. The molecule has 0 aromatic heterocycles. The Morgan fingerprint density at radius 3 is 2.52 bits per heavy atom. The molecule has 1 aromatic rings. The lowest BCUT2D eigenvalue weighted by atomic mass is 9.66. The maximum Gasteiger partial charge on any atom is 0.341 e. The van der Waals surface area contributed by atoms with E-state index in [-0.39, 0.29) is 17.9 Å². The first-order chi connectivity index (χ1) is 11.1. The van der Waals surface area contributed by atoms with Crippen LogP contribution < -0.4 is 10.1 Å². The maximum absolute atomic E-state index is 12.3. The Hall–Kier alpha value is -2.30. The number of allylic oxidation sites excluding steroid dienone is 1. The number of carbonyl (C=O) groups is 2. The Morgan fingerprint density at radius 2 is 2.00 bits per heavy atom. The molecular formula is C18H23NO4. The summed E-state index contributed by atoms with van der Waals surface area (Å²) in [5, 5.41) is 11.6. The molecule has 1 aromatic carbocycles. The van der Waals surface area contributed by atoms with Crippen LogP contribution in [0.5, 0.6) is 5.75 Å². The minimum atomic E-state index is -0.999. The van der Waals surface area contributed by atoms with Gasteiger partial charge in [0.05, 0.1) is 5.41 Å². The average Bonchev–Trinajstić information content (AvgIpc) is 2.50. The van der Waals surface area contributed by atoms with Crippen LogP contribution in [0.3, 0.4) is 0 Å². The molecule has 0 aliphatic heterocycles. The molecule has 1 aliphatic rings. The highest BCUT2D eigenvalue weighted by molar-refractivity contribution is 5.83. The van der Waals surface area contributed by atoms with Gasteiger partial charge in [-0.25, -0.2) is 4.79 Å². The normalized spacial score (nSPS) is 15.3.